The number of carbonyl (C=O) groups is 1. The summed E-state index contributed by atoms with van der Waals surface area (Å²) in [6.07, 6.45) is 3.71. The third-order valence-electron chi connectivity index (χ3n) is 3.59. The fourth-order valence-corrected chi connectivity index (χ4v) is 2.37. The van der Waals surface area contributed by atoms with Gasteiger partial charge < -0.3 is 14.0 Å². The van der Waals surface area contributed by atoms with Gasteiger partial charge in [0.15, 0.2) is 0 Å². The third-order valence-corrected chi connectivity index (χ3v) is 3.59. The molecule has 0 radical (unpaired) electrons. The van der Waals surface area contributed by atoms with Crippen LogP contribution in [0, 0.1) is 0 Å². The summed E-state index contributed by atoms with van der Waals surface area (Å²) in [4.78, 5) is 24.1. The zero-order valence-corrected chi connectivity index (χ0v) is 11.4. The van der Waals surface area contributed by atoms with E-state index < -0.39 is 5.97 Å². The third kappa shape index (κ3) is 1.95. The lowest BCUT2D eigenvalue weighted by atomic mass is 10.1. The molecule has 0 N–H and O–H groups in total. The lowest BCUT2D eigenvalue weighted by Gasteiger charge is -2.12. The van der Waals surface area contributed by atoms with E-state index in [-0.39, 0.29) is 11.0 Å². The summed E-state index contributed by atoms with van der Waals surface area (Å²) < 4.78 is 11.9. The average molecular weight is 273 g/mol. The van der Waals surface area contributed by atoms with Gasteiger partial charge in [-0.1, -0.05) is 0 Å². The van der Waals surface area contributed by atoms with Crippen LogP contribution in [0.25, 0.3) is 10.9 Å². The molecular weight excluding hydrogens is 258 g/mol. The molecule has 20 heavy (non-hydrogen) atoms. The standard InChI is InChI=1S/C15H15NO4/c1-19-10-5-6-11-13(7-10)16(9-3-4-9)8-12(14(11)17)15(18)20-2/h5-9H,3-4H2,1-2H3. The fourth-order valence-electron chi connectivity index (χ4n) is 2.37. The average Bonchev–Trinajstić information content (AvgIpc) is 3.31. The number of ether oxygens (including phenoxy) is 2. The van der Waals surface area contributed by atoms with E-state index in [1.807, 2.05) is 10.6 Å². The number of rotatable bonds is 3. The maximum Gasteiger partial charge on any atom is 0.343 e. The molecule has 5 nitrogen and oxygen atoms in total. The zero-order chi connectivity index (χ0) is 14.3. The number of hydrogen-bond donors (Lipinski definition) is 0. The molecule has 1 aliphatic carbocycles. The van der Waals surface area contributed by atoms with Crippen LogP contribution >= 0.6 is 0 Å². The number of esters is 1. The number of benzene rings is 1. The molecule has 0 amide bonds. The van der Waals surface area contributed by atoms with Crippen LogP contribution < -0.4 is 10.2 Å². The van der Waals surface area contributed by atoms with E-state index in [0.29, 0.717) is 17.2 Å². The van der Waals surface area contributed by atoms with Gasteiger partial charge in [0.2, 0.25) is 5.43 Å². The van der Waals surface area contributed by atoms with Crippen molar-refractivity contribution in [2.24, 2.45) is 0 Å². The monoisotopic (exact) mass is 273 g/mol. The predicted octanol–water partition coefficient (Wildman–Crippen LogP) is 2.13. The molecule has 0 saturated heterocycles. The van der Waals surface area contributed by atoms with Crippen LogP contribution in [0.2, 0.25) is 0 Å². The summed E-state index contributed by atoms with van der Waals surface area (Å²) in [6, 6.07) is 5.59. The Balaban J connectivity index is 2.33. The van der Waals surface area contributed by atoms with Gasteiger partial charge in [0.1, 0.15) is 11.3 Å². The van der Waals surface area contributed by atoms with E-state index in [4.69, 9.17) is 4.74 Å². The van der Waals surface area contributed by atoms with E-state index in [1.165, 1.54) is 7.11 Å². The number of pyridine rings is 1. The first-order valence-electron chi connectivity index (χ1n) is 6.47. The molecule has 1 aliphatic rings. The van der Waals surface area contributed by atoms with Crippen LogP contribution in [0.5, 0.6) is 5.75 Å². The van der Waals surface area contributed by atoms with Crippen LogP contribution in [-0.2, 0) is 4.74 Å². The van der Waals surface area contributed by atoms with Gasteiger partial charge in [-0.2, -0.15) is 0 Å². The van der Waals surface area contributed by atoms with Crippen molar-refractivity contribution in [3.63, 3.8) is 0 Å². The highest BCUT2D eigenvalue weighted by Crippen LogP contribution is 2.37. The minimum atomic E-state index is -0.595. The number of nitrogens with zero attached hydrogens (tertiary/aromatic N) is 1. The lowest BCUT2D eigenvalue weighted by molar-refractivity contribution is 0.0598. The lowest BCUT2D eigenvalue weighted by Crippen LogP contribution is -2.19. The Kier molecular flexibility index (Phi) is 2.97. The SMILES string of the molecule is COC(=O)c1cn(C2CC2)c2cc(OC)ccc2c1=O. The van der Waals surface area contributed by atoms with Gasteiger partial charge >= 0.3 is 5.97 Å². The molecule has 3 rings (SSSR count). The molecule has 1 saturated carbocycles. The maximum absolute atomic E-state index is 12.4. The van der Waals surface area contributed by atoms with Gasteiger partial charge in [-0.3, -0.25) is 4.79 Å². The molecule has 0 aliphatic heterocycles. The van der Waals surface area contributed by atoms with Crippen molar-refractivity contribution in [3.8, 4) is 5.75 Å². The first-order chi connectivity index (χ1) is 9.65. The van der Waals surface area contributed by atoms with Crippen molar-refractivity contribution in [2.45, 2.75) is 18.9 Å². The summed E-state index contributed by atoms with van der Waals surface area (Å²) in [5.74, 6) is 0.0965. The summed E-state index contributed by atoms with van der Waals surface area (Å²) in [6.45, 7) is 0. The Morgan fingerprint density at radius 1 is 1.30 bits per heavy atom. The molecular formula is C15H15NO4. The van der Waals surface area contributed by atoms with Crippen molar-refractivity contribution in [3.05, 3.63) is 40.2 Å². The van der Waals surface area contributed by atoms with Gasteiger partial charge in [-0.15, -0.1) is 0 Å². The number of aromatic nitrogens is 1. The summed E-state index contributed by atoms with van der Waals surface area (Å²) in [7, 11) is 2.87. The highest BCUT2D eigenvalue weighted by atomic mass is 16.5. The van der Waals surface area contributed by atoms with E-state index in [2.05, 4.69) is 4.74 Å². The fraction of sp³-hybridized carbons (Fsp3) is 0.333. The summed E-state index contributed by atoms with van der Waals surface area (Å²) >= 11 is 0. The van der Waals surface area contributed by atoms with E-state index >= 15 is 0 Å². The summed E-state index contributed by atoms with van der Waals surface area (Å²) in [5, 5.41) is 0.514. The van der Waals surface area contributed by atoms with E-state index in [0.717, 1.165) is 18.4 Å². The van der Waals surface area contributed by atoms with Crippen LogP contribution in [-0.4, -0.2) is 24.8 Å². The second kappa shape index (κ2) is 4.67. The normalized spacial score (nSPS) is 14.3. The number of carbonyl (C=O) groups excluding carboxylic acids is 1. The van der Waals surface area contributed by atoms with Crippen molar-refractivity contribution in [1.82, 2.24) is 4.57 Å². The van der Waals surface area contributed by atoms with Crippen molar-refractivity contribution >= 4 is 16.9 Å². The maximum atomic E-state index is 12.4. The molecule has 104 valence electrons. The molecule has 0 bridgehead atoms. The van der Waals surface area contributed by atoms with Crippen LogP contribution in [0.4, 0.5) is 0 Å². The first kappa shape index (κ1) is 12.7. The minimum absolute atomic E-state index is 0.0806. The first-order valence-corrected chi connectivity index (χ1v) is 6.47. The van der Waals surface area contributed by atoms with Crippen molar-refractivity contribution in [2.75, 3.05) is 14.2 Å². The highest BCUT2D eigenvalue weighted by Gasteiger charge is 2.27. The van der Waals surface area contributed by atoms with Crippen molar-refractivity contribution in [1.29, 1.82) is 0 Å². The van der Waals surface area contributed by atoms with Gasteiger partial charge in [-0.25, -0.2) is 4.79 Å². The molecule has 1 fully saturated rings. The quantitative estimate of drug-likeness (QED) is 0.804. The molecule has 1 aromatic heterocycles. The molecule has 0 spiro atoms. The zero-order valence-electron chi connectivity index (χ0n) is 11.4. The van der Waals surface area contributed by atoms with E-state index in [9.17, 15) is 9.59 Å². The van der Waals surface area contributed by atoms with Gasteiger partial charge in [0.05, 0.1) is 19.7 Å². The smallest absolute Gasteiger partial charge is 0.343 e. The van der Waals surface area contributed by atoms with Crippen molar-refractivity contribution < 1.29 is 14.3 Å². The second-order valence-corrected chi connectivity index (χ2v) is 4.89. The van der Waals surface area contributed by atoms with Crippen LogP contribution in [0.3, 0.4) is 0 Å². The molecule has 5 heteroatoms. The molecule has 0 unspecified atom stereocenters. The molecule has 1 aromatic carbocycles. The highest BCUT2D eigenvalue weighted by molar-refractivity contribution is 5.94. The molecule has 1 heterocycles. The Hall–Kier alpha value is -2.30. The molecule has 2 aromatic rings. The van der Waals surface area contributed by atoms with Crippen LogP contribution in [0.1, 0.15) is 29.2 Å². The Bertz CT molecular complexity index is 743. The number of hydrogen-bond acceptors (Lipinski definition) is 4. The predicted molar refractivity (Wildman–Crippen MR) is 74.4 cm³/mol. The topological polar surface area (TPSA) is 57.5 Å². The molecule has 0 atom stereocenters. The van der Waals surface area contributed by atoms with Gasteiger partial charge in [0, 0.05) is 23.7 Å². The Morgan fingerprint density at radius 3 is 2.65 bits per heavy atom. The van der Waals surface area contributed by atoms with Gasteiger partial charge in [-0.05, 0) is 25.0 Å². The number of methoxy groups -OCH3 is 2. The Labute approximate surface area is 115 Å². The number of fused-ring (bicyclic) bond motifs is 1. The van der Waals surface area contributed by atoms with Gasteiger partial charge in [0.25, 0.3) is 0 Å². The Morgan fingerprint density at radius 2 is 2.05 bits per heavy atom. The summed E-state index contributed by atoms with van der Waals surface area (Å²) in [5.41, 5.74) is 0.577. The van der Waals surface area contributed by atoms with Crippen LogP contribution in [0.15, 0.2) is 29.2 Å². The largest absolute Gasteiger partial charge is 0.497 e. The minimum Gasteiger partial charge on any atom is -0.497 e. The second-order valence-electron chi connectivity index (χ2n) is 4.89. The van der Waals surface area contributed by atoms with E-state index in [1.54, 1.807) is 25.4 Å².